The van der Waals surface area contributed by atoms with Gasteiger partial charge in [-0.1, -0.05) is 38.1 Å². The van der Waals surface area contributed by atoms with E-state index in [0.717, 1.165) is 10.4 Å². The number of thiophene rings is 1. The van der Waals surface area contributed by atoms with E-state index in [9.17, 15) is 4.79 Å². The molecule has 0 unspecified atom stereocenters. The van der Waals surface area contributed by atoms with Crippen molar-refractivity contribution in [2.45, 2.75) is 19.8 Å². The monoisotopic (exact) mass is 245 g/mol. The fourth-order valence-electron chi connectivity index (χ4n) is 1.68. The van der Waals surface area contributed by atoms with Crippen LogP contribution in [0.1, 0.15) is 35.0 Å². The van der Waals surface area contributed by atoms with E-state index in [1.54, 1.807) is 6.07 Å². The zero-order chi connectivity index (χ0) is 12.4. The van der Waals surface area contributed by atoms with Crippen molar-refractivity contribution in [3.05, 3.63) is 46.8 Å². The van der Waals surface area contributed by atoms with Gasteiger partial charge in [-0.05, 0) is 29.2 Å². The van der Waals surface area contributed by atoms with E-state index in [0.29, 0.717) is 10.8 Å². The van der Waals surface area contributed by atoms with Crippen LogP contribution in [-0.2, 0) is 0 Å². The Morgan fingerprint density at radius 2 is 2.00 bits per heavy atom. The predicted octanol–water partition coefficient (Wildman–Crippen LogP) is 3.64. The molecule has 0 aliphatic carbocycles. The molecule has 88 valence electrons. The summed E-state index contributed by atoms with van der Waals surface area (Å²) in [4.78, 5) is 12.7. The van der Waals surface area contributed by atoms with Crippen LogP contribution in [0.4, 0.5) is 0 Å². The molecule has 0 aliphatic heterocycles. The molecule has 2 rings (SSSR count). The van der Waals surface area contributed by atoms with Gasteiger partial charge in [0.1, 0.15) is 0 Å². The Morgan fingerprint density at radius 3 is 2.59 bits per heavy atom. The van der Waals surface area contributed by atoms with Crippen LogP contribution >= 0.6 is 11.3 Å². The van der Waals surface area contributed by atoms with Gasteiger partial charge in [-0.15, -0.1) is 11.3 Å². The number of amides is 1. The van der Waals surface area contributed by atoms with Gasteiger partial charge < -0.3 is 5.73 Å². The average Bonchev–Trinajstić information content (AvgIpc) is 2.78. The van der Waals surface area contributed by atoms with E-state index in [4.69, 9.17) is 5.73 Å². The van der Waals surface area contributed by atoms with Crippen molar-refractivity contribution in [2.24, 2.45) is 5.73 Å². The van der Waals surface area contributed by atoms with Crippen molar-refractivity contribution in [3.63, 3.8) is 0 Å². The Morgan fingerprint density at radius 1 is 1.24 bits per heavy atom. The van der Waals surface area contributed by atoms with Gasteiger partial charge in [-0.25, -0.2) is 0 Å². The molecule has 1 amide bonds. The van der Waals surface area contributed by atoms with Crippen LogP contribution in [0.2, 0.25) is 0 Å². The smallest absolute Gasteiger partial charge is 0.258 e. The summed E-state index contributed by atoms with van der Waals surface area (Å²) in [7, 11) is 0. The van der Waals surface area contributed by atoms with E-state index >= 15 is 0 Å². The molecule has 3 heteroatoms. The quantitative estimate of drug-likeness (QED) is 0.881. The fraction of sp³-hybridized carbons (Fsp3) is 0.214. The molecule has 2 nitrogen and oxygen atoms in total. The van der Waals surface area contributed by atoms with Crippen LogP contribution in [0.25, 0.3) is 10.4 Å². The number of hydrogen-bond acceptors (Lipinski definition) is 2. The Kier molecular flexibility index (Phi) is 3.29. The summed E-state index contributed by atoms with van der Waals surface area (Å²) in [5.41, 5.74) is 7.70. The van der Waals surface area contributed by atoms with Crippen molar-refractivity contribution >= 4 is 17.2 Å². The average molecular weight is 245 g/mol. The van der Waals surface area contributed by atoms with Gasteiger partial charge in [0.25, 0.3) is 5.91 Å². The molecule has 0 saturated heterocycles. The van der Waals surface area contributed by atoms with Gasteiger partial charge in [-0.2, -0.15) is 0 Å². The van der Waals surface area contributed by atoms with Gasteiger partial charge in [-0.3, -0.25) is 4.79 Å². The lowest BCUT2D eigenvalue weighted by Gasteiger charge is -2.06. The van der Waals surface area contributed by atoms with Gasteiger partial charge in [0.05, 0.1) is 4.88 Å². The summed E-state index contributed by atoms with van der Waals surface area (Å²) < 4.78 is 0. The summed E-state index contributed by atoms with van der Waals surface area (Å²) in [6.45, 7) is 4.34. The zero-order valence-electron chi connectivity index (χ0n) is 9.94. The summed E-state index contributed by atoms with van der Waals surface area (Å²) in [6.07, 6.45) is 0. The standard InChI is InChI=1S/C14H15NOS/c1-9(2)10-4-3-5-11(8-10)12-6-7-13(17-12)14(15)16/h3-9H,1-2H3,(H2,15,16). The molecular weight excluding hydrogens is 230 g/mol. The minimum Gasteiger partial charge on any atom is -0.365 e. The van der Waals surface area contributed by atoms with Crippen LogP contribution in [0.15, 0.2) is 36.4 Å². The highest BCUT2D eigenvalue weighted by Crippen LogP contribution is 2.29. The Bertz CT molecular complexity index is 543. The lowest BCUT2D eigenvalue weighted by Crippen LogP contribution is -2.07. The first-order valence-electron chi connectivity index (χ1n) is 5.58. The maximum atomic E-state index is 11.1. The van der Waals surface area contributed by atoms with Crippen LogP contribution in [0, 0.1) is 0 Å². The Hall–Kier alpha value is -1.61. The first-order valence-corrected chi connectivity index (χ1v) is 6.39. The van der Waals surface area contributed by atoms with Crippen LogP contribution < -0.4 is 5.73 Å². The molecule has 0 radical (unpaired) electrons. The second-order valence-electron chi connectivity index (χ2n) is 4.31. The third-order valence-electron chi connectivity index (χ3n) is 2.69. The SMILES string of the molecule is CC(C)c1cccc(-c2ccc(C(N)=O)s2)c1. The largest absolute Gasteiger partial charge is 0.365 e. The van der Waals surface area contributed by atoms with Crippen molar-refractivity contribution < 1.29 is 4.79 Å². The van der Waals surface area contributed by atoms with E-state index in [2.05, 4.69) is 32.0 Å². The molecule has 0 saturated carbocycles. The van der Waals surface area contributed by atoms with E-state index in [1.807, 2.05) is 12.1 Å². The number of hydrogen-bond donors (Lipinski definition) is 1. The molecule has 0 atom stereocenters. The predicted molar refractivity (Wildman–Crippen MR) is 72.4 cm³/mol. The van der Waals surface area contributed by atoms with Crippen LogP contribution in [-0.4, -0.2) is 5.91 Å². The number of rotatable bonds is 3. The van der Waals surface area contributed by atoms with Gasteiger partial charge in [0.15, 0.2) is 0 Å². The van der Waals surface area contributed by atoms with Gasteiger partial charge in [0, 0.05) is 4.88 Å². The molecule has 0 aliphatic rings. The Labute approximate surface area is 105 Å². The highest BCUT2D eigenvalue weighted by molar-refractivity contribution is 7.17. The third-order valence-corrected chi connectivity index (χ3v) is 3.84. The maximum absolute atomic E-state index is 11.1. The first kappa shape index (κ1) is 11.9. The summed E-state index contributed by atoms with van der Waals surface area (Å²) in [6, 6.07) is 12.1. The molecule has 2 aromatic rings. The molecule has 2 N–H and O–H groups in total. The molecule has 1 heterocycles. The molecule has 1 aromatic heterocycles. The highest BCUT2D eigenvalue weighted by Gasteiger charge is 2.08. The lowest BCUT2D eigenvalue weighted by atomic mass is 10.0. The minimum absolute atomic E-state index is 0.360. The summed E-state index contributed by atoms with van der Waals surface area (Å²) in [5.74, 6) is 0.145. The van der Waals surface area contributed by atoms with Crippen LogP contribution in [0.3, 0.4) is 0 Å². The van der Waals surface area contributed by atoms with E-state index in [-0.39, 0.29) is 5.91 Å². The fourth-order valence-corrected chi connectivity index (χ4v) is 2.53. The second-order valence-corrected chi connectivity index (χ2v) is 5.39. The first-order chi connectivity index (χ1) is 8.08. The van der Waals surface area contributed by atoms with Crippen molar-refractivity contribution in [3.8, 4) is 10.4 Å². The van der Waals surface area contributed by atoms with Crippen molar-refractivity contribution in [2.75, 3.05) is 0 Å². The molecule has 1 aromatic carbocycles. The van der Waals surface area contributed by atoms with Crippen LogP contribution in [0.5, 0.6) is 0 Å². The van der Waals surface area contributed by atoms with E-state index in [1.165, 1.54) is 16.9 Å². The molecule has 0 spiro atoms. The number of primary amides is 1. The number of carbonyl (C=O) groups is 1. The molecule has 0 fully saturated rings. The van der Waals surface area contributed by atoms with E-state index < -0.39 is 0 Å². The summed E-state index contributed by atoms with van der Waals surface area (Å²) in [5, 5.41) is 0. The molecular formula is C14H15NOS. The lowest BCUT2D eigenvalue weighted by molar-refractivity contribution is 0.100. The molecule has 17 heavy (non-hydrogen) atoms. The van der Waals surface area contributed by atoms with Gasteiger partial charge >= 0.3 is 0 Å². The molecule has 0 bridgehead atoms. The highest BCUT2D eigenvalue weighted by atomic mass is 32.1. The summed E-state index contributed by atoms with van der Waals surface area (Å²) >= 11 is 1.44. The third kappa shape index (κ3) is 2.56. The maximum Gasteiger partial charge on any atom is 0.258 e. The number of nitrogens with two attached hydrogens (primary N) is 1. The Balaban J connectivity index is 2.38. The number of carbonyl (C=O) groups excluding carboxylic acids is 1. The normalized spacial score (nSPS) is 10.8. The topological polar surface area (TPSA) is 43.1 Å². The van der Waals surface area contributed by atoms with Crippen molar-refractivity contribution in [1.29, 1.82) is 0 Å². The van der Waals surface area contributed by atoms with Gasteiger partial charge in [0.2, 0.25) is 0 Å². The minimum atomic E-state index is -0.360. The van der Waals surface area contributed by atoms with Crippen molar-refractivity contribution in [1.82, 2.24) is 0 Å². The second kappa shape index (κ2) is 4.72. The zero-order valence-corrected chi connectivity index (χ0v) is 10.8. The number of benzene rings is 1.